The van der Waals surface area contributed by atoms with E-state index in [2.05, 4.69) is 67.3 Å². The highest BCUT2D eigenvalue weighted by Gasteiger charge is 2.96. The lowest BCUT2D eigenvalue weighted by atomic mass is 9.20. The lowest BCUT2D eigenvalue weighted by Gasteiger charge is -2.77. The summed E-state index contributed by atoms with van der Waals surface area (Å²) in [6, 6.07) is 43.7. The third kappa shape index (κ3) is 6.86. The fraction of sp³-hybridized carbons (Fsp3) is 0.0938. The van der Waals surface area contributed by atoms with Crippen molar-refractivity contribution in [3.05, 3.63) is 247 Å². The second-order valence-corrected chi connectivity index (χ2v) is 28.9. The van der Waals surface area contributed by atoms with Crippen LogP contribution in [0.15, 0.2) is 209 Å². The van der Waals surface area contributed by atoms with E-state index in [1.165, 1.54) is 57.9 Å². The smallest absolute Gasteiger partial charge is 0.152 e. The molecule has 1 saturated carbocycles. The molecule has 6 atom stereocenters. The Morgan fingerprint density at radius 2 is 0.910 bits per heavy atom. The molecule has 0 bridgehead atoms. The third-order valence-corrected chi connectivity index (χ3v) is 25.5. The van der Waals surface area contributed by atoms with Crippen LogP contribution in [0.2, 0.25) is 0 Å². The summed E-state index contributed by atoms with van der Waals surface area (Å²) in [6.07, 6.45) is 9.56. The Morgan fingerprint density at radius 1 is 0.380 bits per heavy atom. The monoisotopic (exact) mass is 1420 g/mol. The predicted octanol–water partition coefficient (Wildman–Crippen LogP) is 11.4. The summed E-state index contributed by atoms with van der Waals surface area (Å²) in [6.45, 7) is 0. The molecule has 20 aromatic rings. The number of nitrogens with zero attached hydrogens (tertiary/aromatic N) is 22. The molecule has 0 amide bonds. The average Bonchev–Trinajstić information content (AvgIpc) is 1.02. The number of rotatable bonds is 14. The minimum Gasteiger partial charge on any atom is -0.345 e. The van der Waals surface area contributed by atoms with E-state index in [0.29, 0.717) is 80.9 Å². The van der Waals surface area contributed by atoms with Crippen molar-refractivity contribution in [3.8, 4) is 22.5 Å². The van der Waals surface area contributed by atoms with Crippen LogP contribution in [0.3, 0.4) is 0 Å². The van der Waals surface area contributed by atoms with E-state index in [4.69, 9.17) is 119 Å². The molecule has 6 aromatic carbocycles. The largest absolute Gasteiger partial charge is 0.345 e. The highest BCUT2D eigenvalue weighted by atomic mass is 32.1. The maximum Gasteiger partial charge on any atom is 0.152 e. The van der Waals surface area contributed by atoms with E-state index in [-0.39, 0.29) is 44.5 Å². The summed E-state index contributed by atoms with van der Waals surface area (Å²) in [4.78, 5) is 13.7. The molecule has 0 radical (unpaired) electrons. The SMILES string of the molecule is c1ccc2sc(C3(c4csnn4)C(c4csnn4)(c4cc5ccccc5s4)C(c4c[nH]nn4)(c4cccc5nonc45)C(c4c[nH]nn4)(c4cccc5nonc45)C(c4cnon4)(c4nc5ccccc5s4)C3(c3cnon3)c3nc4c(-c5conn5)c(-c5conn5)ccc4s3)cc2c1. The maximum absolute atomic E-state index is 6.40. The van der Waals surface area contributed by atoms with Gasteiger partial charge in [0.05, 0.1) is 77.3 Å². The van der Waals surface area contributed by atoms with Crippen molar-refractivity contribution in [1.29, 1.82) is 0 Å². The van der Waals surface area contributed by atoms with Gasteiger partial charge in [-0.3, -0.25) is 10.2 Å². The van der Waals surface area contributed by atoms with Gasteiger partial charge in [0.25, 0.3) is 0 Å². The van der Waals surface area contributed by atoms with Gasteiger partial charge in [0.1, 0.15) is 65.7 Å². The lowest BCUT2D eigenvalue weighted by Crippen LogP contribution is -2.88. The van der Waals surface area contributed by atoms with Gasteiger partial charge in [0.15, 0.2) is 12.5 Å². The molecule has 0 aliphatic heterocycles. The summed E-state index contributed by atoms with van der Waals surface area (Å²) in [5.74, 6) is 0. The number of nitrogens with one attached hydrogen (secondary N) is 2. The topological polar surface area (TPSA) is 394 Å². The van der Waals surface area contributed by atoms with E-state index in [9.17, 15) is 0 Å². The number of hydrogen-bond donors (Lipinski definition) is 2. The van der Waals surface area contributed by atoms with Gasteiger partial charge in [0.2, 0.25) is 0 Å². The first-order valence-corrected chi connectivity index (χ1v) is 35.1. The number of aromatic nitrogens is 24. The first kappa shape index (κ1) is 56.9. The quantitative estimate of drug-likeness (QED) is 0.102. The maximum atomic E-state index is 6.40. The third-order valence-electron chi connectivity index (χ3n) is 19.7. The summed E-state index contributed by atoms with van der Waals surface area (Å²) in [5.41, 5.74) is -8.70. The van der Waals surface area contributed by atoms with Gasteiger partial charge in [-0.05, 0) is 120 Å². The zero-order valence-electron chi connectivity index (χ0n) is 50.1. The zero-order valence-corrected chi connectivity index (χ0v) is 55.0. The molecule has 1 fully saturated rings. The molecule has 14 aromatic heterocycles. The van der Waals surface area contributed by atoms with Crippen LogP contribution >= 0.6 is 68.4 Å². The van der Waals surface area contributed by atoms with Crippen LogP contribution in [0, 0.1) is 0 Å². The number of hydrogen-bond acceptors (Lipinski definition) is 34. The molecule has 36 heteroatoms. The van der Waals surface area contributed by atoms with E-state index < -0.39 is 32.5 Å². The fourth-order valence-corrected chi connectivity index (χ4v) is 23.1. The minimum absolute atomic E-state index is 0.0777. The Labute approximate surface area is 578 Å². The van der Waals surface area contributed by atoms with Gasteiger partial charge < -0.3 is 9.05 Å². The van der Waals surface area contributed by atoms with Crippen LogP contribution in [0.1, 0.15) is 65.1 Å². The molecule has 14 heterocycles. The minimum atomic E-state index is -2.46. The molecule has 1 aliphatic carbocycles. The van der Waals surface area contributed by atoms with Crippen LogP contribution in [0.5, 0.6) is 0 Å². The Kier molecular flexibility index (Phi) is 12.0. The first-order chi connectivity index (χ1) is 49.6. The Hall–Kier alpha value is -12.2. The van der Waals surface area contributed by atoms with Crippen molar-refractivity contribution < 1.29 is 27.6 Å². The van der Waals surface area contributed by atoms with E-state index >= 15 is 0 Å². The summed E-state index contributed by atoms with van der Waals surface area (Å²) >= 11 is 7.93. The highest BCUT2D eigenvalue weighted by Crippen LogP contribution is 2.88. The second kappa shape index (κ2) is 21.1. The number of fused-ring (bicyclic) bond motifs is 6. The van der Waals surface area contributed by atoms with Crippen molar-refractivity contribution in [1.82, 2.24) is 122 Å². The molecule has 480 valence electrons. The molecular formula is C64H32N24O6S6. The molecule has 2 N–H and O–H groups in total. The van der Waals surface area contributed by atoms with Crippen LogP contribution in [-0.2, 0) is 32.5 Å². The van der Waals surface area contributed by atoms with Gasteiger partial charge >= 0.3 is 0 Å². The van der Waals surface area contributed by atoms with Gasteiger partial charge in [-0.15, -0.1) is 75.9 Å². The van der Waals surface area contributed by atoms with Crippen molar-refractivity contribution >= 4 is 131 Å². The van der Waals surface area contributed by atoms with E-state index in [1.54, 1.807) is 24.8 Å². The Balaban J connectivity index is 1.19. The summed E-state index contributed by atoms with van der Waals surface area (Å²) in [7, 11) is 0. The number of benzene rings is 6. The number of para-hydroxylation sites is 1. The van der Waals surface area contributed by atoms with E-state index in [0.717, 1.165) is 47.9 Å². The van der Waals surface area contributed by atoms with Crippen LogP contribution < -0.4 is 0 Å². The molecule has 30 nitrogen and oxygen atoms in total. The molecule has 0 saturated heterocycles. The molecular weight excluding hydrogens is 1390 g/mol. The molecule has 21 rings (SSSR count). The molecule has 1 aliphatic rings. The van der Waals surface area contributed by atoms with Crippen LogP contribution in [-0.4, -0.2) is 122 Å². The Bertz CT molecular complexity index is 6300. The number of aromatic amines is 2. The number of thiazole rings is 2. The summed E-state index contributed by atoms with van der Waals surface area (Å²) < 4.78 is 49.2. The van der Waals surface area contributed by atoms with Crippen LogP contribution in [0.25, 0.3) is 85.2 Å². The molecule has 6 unspecified atom stereocenters. The standard InChI is InChI=1S/C64H32N24O6S6/c1-4-16-41-31(9-1)21-51(97-41)61(49-29-95-87-75-49)59(45-23-65-83-73-45,34-11-7-14-37-54(34)81-93-77-37)60(46-24-66-84-74-46,35-12-8-15-38-55(35)82-94-78-38)63(47-25-67-91-79-47,57-69-36-13-3-6-18-43(36)99-57)64(48-26-68-92-80-48,62(61,50-30-96-88-76-50)52-22-32-10-2-5-17-42(32)98-52)58-70-56-44(100-58)20-19-33(39-27-89-85-71-39)53(56)40-28-90-86-72-40/h1-30H,(H,65,73,83)(H,66,74,84). The molecule has 0 spiro atoms. The number of H-pyrrole nitrogens is 2. The fourth-order valence-electron chi connectivity index (χ4n) is 16.8. The first-order valence-electron chi connectivity index (χ1n) is 30.2. The van der Waals surface area contributed by atoms with Gasteiger partial charge in [0, 0.05) is 64.0 Å². The lowest BCUT2D eigenvalue weighted by molar-refractivity contribution is -0.0650. The molecule has 100 heavy (non-hydrogen) atoms. The van der Waals surface area contributed by atoms with Crippen molar-refractivity contribution in [2.24, 2.45) is 0 Å². The zero-order chi connectivity index (χ0) is 65.8. The van der Waals surface area contributed by atoms with Crippen molar-refractivity contribution in [2.75, 3.05) is 0 Å². The summed E-state index contributed by atoms with van der Waals surface area (Å²) in [5, 5.41) is 102. The van der Waals surface area contributed by atoms with Gasteiger partial charge in [-0.25, -0.2) is 28.5 Å². The Morgan fingerprint density at radius 3 is 1.44 bits per heavy atom. The average molecular weight is 1430 g/mol. The van der Waals surface area contributed by atoms with Crippen molar-refractivity contribution in [3.63, 3.8) is 0 Å². The predicted molar refractivity (Wildman–Crippen MR) is 359 cm³/mol. The van der Waals surface area contributed by atoms with Gasteiger partial charge in [-0.1, -0.05) is 119 Å². The second-order valence-electron chi connectivity index (χ2n) is 23.5. The van der Waals surface area contributed by atoms with Gasteiger partial charge in [-0.2, -0.15) is 0 Å². The van der Waals surface area contributed by atoms with E-state index in [1.807, 2.05) is 108 Å². The number of thiophene rings is 2. The normalized spacial score (nSPS) is 21.8. The van der Waals surface area contributed by atoms with Crippen LogP contribution in [0.4, 0.5) is 0 Å². The van der Waals surface area contributed by atoms with Crippen molar-refractivity contribution in [2.45, 2.75) is 32.5 Å². The highest BCUT2D eigenvalue weighted by molar-refractivity contribution is 7.21.